The molecule has 0 unspecified atom stereocenters. The molecule has 1 aromatic rings. The third-order valence-electron chi connectivity index (χ3n) is 3.16. The highest BCUT2D eigenvalue weighted by Crippen LogP contribution is 2.18. The van der Waals surface area contributed by atoms with Crippen LogP contribution < -0.4 is 10.2 Å². The van der Waals surface area contributed by atoms with Crippen LogP contribution in [0.5, 0.6) is 0 Å². The first kappa shape index (κ1) is 13.8. The number of aryl methyl sites for hydroxylation is 1. The van der Waals surface area contributed by atoms with Gasteiger partial charge in [0.15, 0.2) is 0 Å². The Bertz CT molecular complexity index is 453. The van der Waals surface area contributed by atoms with E-state index < -0.39 is 0 Å². The van der Waals surface area contributed by atoms with Crippen molar-refractivity contribution in [3.63, 3.8) is 0 Å². The van der Waals surface area contributed by atoms with E-state index in [1.54, 1.807) is 6.07 Å². The Morgan fingerprint density at radius 3 is 2.58 bits per heavy atom. The molecule has 0 radical (unpaired) electrons. The second kappa shape index (κ2) is 5.99. The van der Waals surface area contributed by atoms with Crippen LogP contribution in [0.3, 0.4) is 0 Å². The molecule has 1 amide bonds. The summed E-state index contributed by atoms with van der Waals surface area (Å²) in [6.07, 6.45) is 3.66. The highest BCUT2D eigenvalue weighted by molar-refractivity contribution is 5.93. The summed E-state index contributed by atoms with van der Waals surface area (Å²) in [5, 5.41) is 2.87. The van der Waals surface area contributed by atoms with Crippen molar-refractivity contribution in [3.05, 3.63) is 17.6 Å². The van der Waals surface area contributed by atoms with Gasteiger partial charge in [0.05, 0.1) is 0 Å². The Balaban J connectivity index is 2.21. The molecule has 1 aliphatic rings. The Morgan fingerprint density at radius 2 is 1.95 bits per heavy atom. The second-order valence-corrected chi connectivity index (χ2v) is 5.33. The van der Waals surface area contributed by atoms with E-state index in [2.05, 4.69) is 20.2 Å². The zero-order valence-corrected chi connectivity index (χ0v) is 11.9. The van der Waals surface area contributed by atoms with Crippen LogP contribution in [0.1, 0.15) is 49.4 Å². The Hall–Kier alpha value is -1.65. The van der Waals surface area contributed by atoms with Crippen molar-refractivity contribution >= 4 is 11.7 Å². The first-order valence-corrected chi connectivity index (χ1v) is 6.98. The highest BCUT2D eigenvalue weighted by Gasteiger charge is 2.16. The summed E-state index contributed by atoms with van der Waals surface area (Å²) in [4.78, 5) is 22.9. The normalized spacial score (nSPS) is 15.7. The molecular weight excluding hydrogens is 240 g/mol. The summed E-state index contributed by atoms with van der Waals surface area (Å²) in [5.74, 6) is 1.40. The van der Waals surface area contributed by atoms with Gasteiger partial charge in [0.1, 0.15) is 17.3 Å². The topological polar surface area (TPSA) is 58.1 Å². The minimum atomic E-state index is -0.126. The maximum absolute atomic E-state index is 12.0. The monoisotopic (exact) mass is 262 g/mol. The molecule has 19 heavy (non-hydrogen) atoms. The molecule has 0 aliphatic carbocycles. The Morgan fingerprint density at radius 1 is 1.26 bits per heavy atom. The molecule has 0 atom stereocenters. The number of hydrogen-bond acceptors (Lipinski definition) is 4. The average Bonchev–Trinajstić information content (AvgIpc) is 2.38. The van der Waals surface area contributed by atoms with E-state index in [9.17, 15) is 4.79 Å². The van der Waals surface area contributed by atoms with Crippen LogP contribution in [0, 0.1) is 6.92 Å². The van der Waals surface area contributed by atoms with Crippen LogP contribution in [-0.2, 0) is 0 Å². The Kier molecular flexibility index (Phi) is 4.35. The lowest BCUT2D eigenvalue weighted by atomic mass is 10.1. The maximum Gasteiger partial charge on any atom is 0.270 e. The van der Waals surface area contributed by atoms with Crippen molar-refractivity contribution in [2.45, 2.75) is 46.1 Å². The van der Waals surface area contributed by atoms with Crippen LogP contribution in [0.2, 0.25) is 0 Å². The van der Waals surface area contributed by atoms with Gasteiger partial charge in [-0.05, 0) is 40.0 Å². The van der Waals surface area contributed by atoms with E-state index >= 15 is 0 Å². The van der Waals surface area contributed by atoms with E-state index in [1.807, 2.05) is 20.8 Å². The molecule has 1 fully saturated rings. The lowest BCUT2D eigenvalue weighted by Gasteiger charge is -2.28. The zero-order valence-electron chi connectivity index (χ0n) is 11.9. The van der Waals surface area contributed by atoms with Crippen LogP contribution in [-0.4, -0.2) is 35.0 Å². The van der Waals surface area contributed by atoms with Crippen molar-refractivity contribution in [2.24, 2.45) is 0 Å². The fourth-order valence-corrected chi connectivity index (χ4v) is 2.29. The molecule has 0 bridgehead atoms. The SMILES string of the molecule is Cc1nc(C(=O)NC(C)C)cc(N2CCCCC2)n1. The smallest absolute Gasteiger partial charge is 0.270 e. The number of nitrogens with one attached hydrogen (secondary N) is 1. The quantitative estimate of drug-likeness (QED) is 0.904. The number of amides is 1. The molecule has 1 N–H and O–H groups in total. The van der Waals surface area contributed by atoms with Crippen LogP contribution in [0.15, 0.2) is 6.07 Å². The Labute approximate surface area is 114 Å². The molecule has 2 rings (SSSR count). The number of hydrogen-bond donors (Lipinski definition) is 1. The van der Waals surface area contributed by atoms with E-state index in [0.29, 0.717) is 11.5 Å². The summed E-state index contributed by atoms with van der Waals surface area (Å²) >= 11 is 0. The van der Waals surface area contributed by atoms with Gasteiger partial charge in [-0.3, -0.25) is 4.79 Å². The maximum atomic E-state index is 12.0. The largest absolute Gasteiger partial charge is 0.356 e. The lowest BCUT2D eigenvalue weighted by molar-refractivity contribution is 0.0937. The summed E-state index contributed by atoms with van der Waals surface area (Å²) in [7, 11) is 0. The zero-order chi connectivity index (χ0) is 13.8. The molecule has 5 heteroatoms. The molecule has 5 nitrogen and oxygen atoms in total. The van der Waals surface area contributed by atoms with Gasteiger partial charge in [-0.15, -0.1) is 0 Å². The molecule has 104 valence electrons. The van der Waals surface area contributed by atoms with Crippen molar-refractivity contribution in [1.29, 1.82) is 0 Å². The van der Waals surface area contributed by atoms with Crippen molar-refractivity contribution in [2.75, 3.05) is 18.0 Å². The van der Waals surface area contributed by atoms with Gasteiger partial charge in [-0.1, -0.05) is 0 Å². The van der Waals surface area contributed by atoms with Gasteiger partial charge >= 0.3 is 0 Å². The molecule has 0 saturated carbocycles. The van der Waals surface area contributed by atoms with Crippen LogP contribution in [0.25, 0.3) is 0 Å². The van der Waals surface area contributed by atoms with E-state index in [0.717, 1.165) is 18.9 Å². The molecule has 1 saturated heterocycles. The van der Waals surface area contributed by atoms with E-state index in [4.69, 9.17) is 0 Å². The van der Waals surface area contributed by atoms with Crippen molar-refractivity contribution < 1.29 is 4.79 Å². The standard InChI is InChI=1S/C14H22N4O/c1-10(2)15-14(19)12-9-13(17-11(3)16-12)18-7-5-4-6-8-18/h9-10H,4-8H2,1-3H3,(H,15,19). The number of carbonyl (C=O) groups is 1. The predicted molar refractivity (Wildman–Crippen MR) is 75.4 cm³/mol. The van der Waals surface area contributed by atoms with Crippen molar-refractivity contribution in [3.8, 4) is 0 Å². The van der Waals surface area contributed by atoms with E-state index in [1.165, 1.54) is 19.3 Å². The number of aromatic nitrogens is 2. The number of rotatable bonds is 3. The molecule has 0 spiro atoms. The van der Waals surface area contributed by atoms with Crippen LogP contribution in [0.4, 0.5) is 5.82 Å². The second-order valence-electron chi connectivity index (χ2n) is 5.33. The van der Waals surface area contributed by atoms with Gasteiger partial charge < -0.3 is 10.2 Å². The molecular formula is C14H22N4O. The number of carbonyl (C=O) groups excluding carboxylic acids is 1. The van der Waals surface area contributed by atoms with Gasteiger partial charge in [0.25, 0.3) is 5.91 Å². The van der Waals surface area contributed by atoms with Gasteiger partial charge in [0, 0.05) is 25.2 Å². The minimum Gasteiger partial charge on any atom is -0.356 e. The van der Waals surface area contributed by atoms with Gasteiger partial charge in [-0.25, -0.2) is 9.97 Å². The van der Waals surface area contributed by atoms with Gasteiger partial charge in [0.2, 0.25) is 0 Å². The third-order valence-corrected chi connectivity index (χ3v) is 3.16. The molecule has 1 aromatic heterocycles. The number of nitrogens with zero attached hydrogens (tertiary/aromatic N) is 3. The highest BCUT2D eigenvalue weighted by atomic mass is 16.1. The van der Waals surface area contributed by atoms with Crippen LogP contribution >= 0.6 is 0 Å². The first-order valence-electron chi connectivity index (χ1n) is 6.98. The fourth-order valence-electron chi connectivity index (χ4n) is 2.29. The van der Waals surface area contributed by atoms with Gasteiger partial charge in [-0.2, -0.15) is 0 Å². The van der Waals surface area contributed by atoms with Crippen molar-refractivity contribution in [1.82, 2.24) is 15.3 Å². The van der Waals surface area contributed by atoms with E-state index in [-0.39, 0.29) is 11.9 Å². The minimum absolute atomic E-state index is 0.112. The average molecular weight is 262 g/mol. The fraction of sp³-hybridized carbons (Fsp3) is 0.643. The summed E-state index contributed by atoms with van der Waals surface area (Å²) < 4.78 is 0. The predicted octanol–water partition coefficient (Wildman–Crippen LogP) is 1.91. The first-order chi connectivity index (χ1) is 9.06. The summed E-state index contributed by atoms with van der Waals surface area (Å²) in [5.41, 5.74) is 0.460. The lowest BCUT2D eigenvalue weighted by Crippen LogP contribution is -2.33. The molecule has 0 aromatic carbocycles. The number of anilines is 1. The summed E-state index contributed by atoms with van der Waals surface area (Å²) in [6, 6.07) is 1.91. The number of piperidine rings is 1. The summed E-state index contributed by atoms with van der Waals surface area (Å²) in [6.45, 7) is 7.75. The molecule has 2 heterocycles. The molecule has 1 aliphatic heterocycles. The third kappa shape index (κ3) is 3.66.